The molecule has 0 atom stereocenters. The van der Waals surface area contributed by atoms with Crippen molar-refractivity contribution in [3.63, 3.8) is 0 Å². The second kappa shape index (κ2) is 4.06. The van der Waals surface area contributed by atoms with Crippen molar-refractivity contribution in [2.24, 2.45) is 0 Å². The van der Waals surface area contributed by atoms with Gasteiger partial charge < -0.3 is 0 Å². The first-order valence-corrected chi connectivity index (χ1v) is 2.41. The topological polar surface area (TPSA) is 0 Å². The Labute approximate surface area is 70.1 Å². The fourth-order valence-electron chi connectivity index (χ4n) is 0.534. The molecule has 0 saturated carbocycles. The molecular formula is C7H8Pb. The van der Waals surface area contributed by atoms with Crippen molar-refractivity contribution in [3.8, 4) is 0 Å². The molecule has 0 aliphatic carbocycles. The first-order valence-electron chi connectivity index (χ1n) is 2.41. The number of hydrogen-bond donors (Lipinski definition) is 0. The van der Waals surface area contributed by atoms with Crippen LogP contribution in [0.5, 0.6) is 0 Å². The van der Waals surface area contributed by atoms with Crippen molar-refractivity contribution in [1.82, 2.24) is 0 Å². The van der Waals surface area contributed by atoms with Crippen LogP contribution in [0.4, 0.5) is 0 Å². The van der Waals surface area contributed by atoms with Crippen molar-refractivity contribution in [1.29, 1.82) is 0 Å². The zero-order valence-corrected chi connectivity index (χ0v) is 8.77. The number of rotatable bonds is 0. The molecule has 1 rings (SSSR count). The third kappa shape index (κ3) is 2.45. The van der Waals surface area contributed by atoms with E-state index in [1.54, 1.807) is 0 Å². The quantitative estimate of drug-likeness (QED) is 0.639. The molecule has 0 unspecified atom stereocenters. The molecule has 0 spiro atoms. The second-order valence-electron chi connectivity index (χ2n) is 1.65. The Balaban J connectivity index is 0.000000490. The van der Waals surface area contributed by atoms with Crippen molar-refractivity contribution in [3.05, 3.63) is 35.9 Å². The minimum atomic E-state index is 0. The van der Waals surface area contributed by atoms with Gasteiger partial charge in [0.15, 0.2) is 0 Å². The second-order valence-corrected chi connectivity index (χ2v) is 1.65. The summed E-state index contributed by atoms with van der Waals surface area (Å²) in [4.78, 5) is 0. The maximum Gasteiger partial charge on any atom is 0 e. The monoisotopic (exact) mass is 300 g/mol. The Morgan fingerprint density at radius 3 is 1.75 bits per heavy atom. The summed E-state index contributed by atoms with van der Waals surface area (Å²) in [5.41, 5.74) is 1.32. The zero-order chi connectivity index (χ0) is 5.11. The van der Waals surface area contributed by atoms with Gasteiger partial charge in [0.05, 0.1) is 0 Å². The number of aryl methyl sites for hydroxylation is 1. The Hall–Kier alpha value is 0.142. The van der Waals surface area contributed by atoms with Gasteiger partial charge in [-0.1, -0.05) is 35.9 Å². The van der Waals surface area contributed by atoms with Crippen molar-refractivity contribution in [2.75, 3.05) is 0 Å². The first kappa shape index (κ1) is 8.14. The number of benzene rings is 1. The van der Waals surface area contributed by atoms with Gasteiger partial charge in [0.2, 0.25) is 0 Å². The van der Waals surface area contributed by atoms with Gasteiger partial charge in [0.1, 0.15) is 0 Å². The van der Waals surface area contributed by atoms with Crippen LogP contribution in [0, 0.1) is 6.92 Å². The normalized spacial score (nSPS) is 7.62. The van der Waals surface area contributed by atoms with Crippen LogP contribution in [0.15, 0.2) is 30.3 Å². The van der Waals surface area contributed by atoms with E-state index < -0.39 is 0 Å². The molecule has 4 radical (unpaired) electrons. The summed E-state index contributed by atoms with van der Waals surface area (Å²) < 4.78 is 0. The Morgan fingerprint density at radius 1 is 1.00 bits per heavy atom. The predicted octanol–water partition coefficient (Wildman–Crippen LogP) is 1.61. The van der Waals surface area contributed by atoms with E-state index in [1.165, 1.54) is 5.56 Å². The Kier molecular flexibility index (Phi) is 4.14. The molecule has 1 aromatic carbocycles. The van der Waals surface area contributed by atoms with Crippen LogP contribution in [0.25, 0.3) is 0 Å². The van der Waals surface area contributed by atoms with E-state index in [9.17, 15) is 0 Å². The average Bonchev–Trinajstić information content (AvgIpc) is 1.69. The van der Waals surface area contributed by atoms with E-state index in [1.807, 2.05) is 18.2 Å². The molecule has 1 heteroatoms. The van der Waals surface area contributed by atoms with E-state index in [0.717, 1.165) is 0 Å². The molecule has 0 aromatic heterocycles. The first-order chi connectivity index (χ1) is 3.39. The van der Waals surface area contributed by atoms with Crippen molar-refractivity contribution >= 4 is 27.3 Å². The molecule has 0 nitrogen and oxygen atoms in total. The summed E-state index contributed by atoms with van der Waals surface area (Å²) in [6.45, 7) is 2.08. The molecule has 0 bridgehead atoms. The maximum absolute atomic E-state index is 2.08. The molecule has 0 fully saturated rings. The van der Waals surface area contributed by atoms with E-state index in [0.29, 0.717) is 0 Å². The van der Waals surface area contributed by atoms with Crippen LogP contribution in [0.3, 0.4) is 0 Å². The van der Waals surface area contributed by atoms with E-state index in [4.69, 9.17) is 0 Å². The summed E-state index contributed by atoms with van der Waals surface area (Å²) in [5.74, 6) is 0. The van der Waals surface area contributed by atoms with Crippen LogP contribution >= 0.6 is 0 Å². The van der Waals surface area contributed by atoms with E-state index in [-0.39, 0.29) is 27.3 Å². The fraction of sp³-hybridized carbons (Fsp3) is 0.143. The zero-order valence-electron chi connectivity index (χ0n) is 4.89. The van der Waals surface area contributed by atoms with Gasteiger partial charge >= 0.3 is 0 Å². The SMILES string of the molecule is Cc1ccccc1.[Pb]. The van der Waals surface area contributed by atoms with Crippen LogP contribution in [0.2, 0.25) is 0 Å². The Bertz CT molecular complexity index is 134. The number of hydrogen-bond acceptors (Lipinski definition) is 0. The fourth-order valence-corrected chi connectivity index (χ4v) is 0.534. The molecule has 0 aliphatic rings. The third-order valence-electron chi connectivity index (χ3n) is 0.940. The van der Waals surface area contributed by atoms with Gasteiger partial charge in [-0.25, -0.2) is 0 Å². The largest absolute Gasteiger partial charge is 0.0622 e. The molecule has 40 valence electrons. The van der Waals surface area contributed by atoms with Gasteiger partial charge in [0, 0.05) is 27.3 Å². The summed E-state index contributed by atoms with van der Waals surface area (Å²) in [6.07, 6.45) is 0. The van der Waals surface area contributed by atoms with Crippen LogP contribution in [-0.2, 0) is 0 Å². The molecule has 0 amide bonds. The summed E-state index contributed by atoms with van der Waals surface area (Å²) in [6, 6.07) is 10.3. The average molecular weight is 299 g/mol. The van der Waals surface area contributed by atoms with Gasteiger partial charge in [-0.2, -0.15) is 0 Å². The van der Waals surface area contributed by atoms with Crippen LogP contribution in [-0.4, -0.2) is 27.3 Å². The maximum atomic E-state index is 2.08. The molecule has 0 saturated heterocycles. The molecule has 0 N–H and O–H groups in total. The van der Waals surface area contributed by atoms with Gasteiger partial charge in [-0.05, 0) is 6.92 Å². The third-order valence-corrected chi connectivity index (χ3v) is 0.940. The molecule has 1 aromatic rings. The smallest absolute Gasteiger partial charge is 0 e. The van der Waals surface area contributed by atoms with Gasteiger partial charge in [0.25, 0.3) is 0 Å². The molecule has 0 aliphatic heterocycles. The van der Waals surface area contributed by atoms with Crippen LogP contribution < -0.4 is 0 Å². The molecule has 0 heterocycles. The van der Waals surface area contributed by atoms with E-state index >= 15 is 0 Å². The molecular weight excluding hydrogens is 291 g/mol. The van der Waals surface area contributed by atoms with Gasteiger partial charge in [-0.15, -0.1) is 0 Å². The van der Waals surface area contributed by atoms with E-state index in [2.05, 4.69) is 19.1 Å². The summed E-state index contributed by atoms with van der Waals surface area (Å²) >= 11 is 0. The standard InChI is InChI=1S/C7H8.Pb/c1-7-5-3-2-4-6-7;/h2-6H,1H3;. The van der Waals surface area contributed by atoms with Crippen molar-refractivity contribution < 1.29 is 0 Å². The minimum Gasteiger partial charge on any atom is -0.0622 e. The minimum absolute atomic E-state index is 0. The Morgan fingerprint density at radius 2 is 1.50 bits per heavy atom. The summed E-state index contributed by atoms with van der Waals surface area (Å²) in [5, 5.41) is 0. The van der Waals surface area contributed by atoms with Crippen LogP contribution in [0.1, 0.15) is 5.56 Å². The van der Waals surface area contributed by atoms with Gasteiger partial charge in [-0.3, -0.25) is 0 Å². The van der Waals surface area contributed by atoms with Crippen molar-refractivity contribution in [2.45, 2.75) is 6.92 Å². The molecule has 8 heavy (non-hydrogen) atoms. The predicted molar refractivity (Wildman–Crippen MR) is 36.9 cm³/mol. The summed E-state index contributed by atoms with van der Waals surface area (Å²) in [7, 11) is 0.